The molecule has 156 valence electrons. The van der Waals surface area contributed by atoms with Gasteiger partial charge in [0.05, 0.1) is 30.6 Å². The molecule has 0 spiro atoms. The normalized spacial score (nSPS) is 16.1. The molecule has 2 bridgehead atoms. The minimum Gasteiger partial charge on any atom is -0.479 e. The van der Waals surface area contributed by atoms with Crippen molar-refractivity contribution in [2.75, 3.05) is 19.9 Å². The molecule has 2 N–H and O–H groups in total. The number of nitrogens with two attached hydrogens (primary N) is 1. The third kappa shape index (κ3) is 3.10. The van der Waals surface area contributed by atoms with Crippen LogP contribution in [0.2, 0.25) is 0 Å². The van der Waals surface area contributed by atoms with Crippen molar-refractivity contribution in [1.29, 1.82) is 0 Å². The molecule has 4 rings (SSSR count). The molecule has 9 nitrogen and oxygen atoms in total. The largest absolute Gasteiger partial charge is 0.479 e. The summed E-state index contributed by atoms with van der Waals surface area (Å²) in [5.41, 5.74) is 8.36. The number of anilines is 1. The summed E-state index contributed by atoms with van der Waals surface area (Å²) >= 11 is 0. The summed E-state index contributed by atoms with van der Waals surface area (Å²) in [5, 5.41) is 4.41. The van der Waals surface area contributed by atoms with E-state index in [-0.39, 0.29) is 24.2 Å². The summed E-state index contributed by atoms with van der Waals surface area (Å²) in [4.78, 5) is 23.5. The van der Waals surface area contributed by atoms with Gasteiger partial charge in [0.15, 0.2) is 5.82 Å². The molecule has 0 aliphatic carbocycles. The van der Waals surface area contributed by atoms with Gasteiger partial charge in [-0.05, 0) is 25.1 Å². The van der Waals surface area contributed by atoms with E-state index in [9.17, 15) is 9.18 Å². The predicted molar refractivity (Wildman–Crippen MR) is 106 cm³/mol. The van der Waals surface area contributed by atoms with Crippen molar-refractivity contribution < 1.29 is 18.7 Å². The lowest BCUT2D eigenvalue weighted by Gasteiger charge is -2.27. The van der Waals surface area contributed by atoms with Crippen molar-refractivity contribution in [3.05, 3.63) is 47.0 Å². The highest BCUT2D eigenvalue weighted by molar-refractivity contribution is 5.96. The first kappa shape index (κ1) is 19.6. The number of benzene rings is 1. The molecule has 3 heterocycles. The maximum absolute atomic E-state index is 13.9. The van der Waals surface area contributed by atoms with Crippen molar-refractivity contribution >= 4 is 11.7 Å². The molecule has 0 saturated heterocycles. The van der Waals surface area contributed by atoms with Crippen molar-refractivity contribution in [2.24, 2.45) is 7.05 Å². The first-order valence-corrected chi connectivity index (χ1v) is 9.24. The number of nitrogen functional groups attached to an aromatic ring is 1. The highest BCUT2D eigenvalue weighted by atomic mass is 19.1. The summed E-state index contributed by atoms with van der Waals surface area (Å²) < 4.78 is 26.7. The molecular formula is C20H21FN6O3. The number of nitrogens with zero attached hydrogens (tertiary/aromatic N) is 5. The molecule has 1 aliphatic heterocycles. The number of halogens is 1. The monoisotopic (exact) mass is 412 g/mol. The van der Waals surface area contributed by atoms with Crippen molar-refractivity contribution in [3.8, 4) is 23.0 Å². The van der Waals surface area contributed by atoms with Gasteiger partial charge in [-0.25, -0.2) is 14.4 Å². The fourth-order valence-corrected chi connectivity index (χ4v) is 3.57. The van der Waals surface area contributed by atoms with Crippen LogP contribution in [0.25, 0.3) is 11.3 Å². The molecule has 1 aromatic carbocycles. The summed E-state index contributed by atoms with van der Waals surface area (Å²) in [7, 11) is 4.94. The molecule has 1 atom stereocenters. The molecule has 0 radical (unpaired) electrons. The number of carbonyl (C=O) groups is 1. The van der Waals surface area contributed by atoms with E-state index in [2.05, 4.69) is 15.1 Å². The Morgan fingerprint density at radius 3 is 2.83 bits per heavy atom. The summed E-state index contributed by atoms with van der Waals surface area (Å²) in [6.07, 6.45) is 1.50. The molecule has 1 aliphatic rings. The van der Waals surface area contributed by atoms with Crippen LogP contribution in [0.1, 0.15) is 34.6 Å². The Morgan fingerprint density at radius 1 is 1.33 bits per heavy atom. The van der Waals surface area contributed by atoms with E-state index in [1.807, 2.05) is 6.92 Å². The molecular weight excluding hydrogens is 391 g/mol. The molecule has 10 heteroatoms. The molecule has 3 aromatic rings. The van der Waals surface area contributed by atoms with Gasteiger partial charge < -0.3 is 20.1 Å². The van der Waals surface area contributed by atoms with Crippen LogP contribution in [0, 0.1) is 5.82 Å². The maximum atomic E-state index is 13.9. The van der Waals surface area contributed by atoms with Gasteiger partial charge in [0, 0.05) is 25.2 Å². The Kier molecular flexibility index (Phi) is 4.76. The van der Waals surface area contributed by atoms with Crippen molar-refractivity contribution in [2.45, 2.75) is 19.6 Å². The maximum Gasteiger partial charge on any atom is 0.258 e. The standard InChI is InChI=1S/C20H21FN6O3/c1-10-16-15(18(29-4)25-27(16)3)14-8-23-17(22)19(24-14)30-9-11-7-12(21)5-6-13(11)20(28)26(10)2/h5-8,10H,9H2,1-4H3,(H2,22,23). The zero-order chi connectivity index (χ0) is 21.6. The van der Waals surface area contributed by atoms with Crippen molar-refractivity contribution in [3.63, 3.8) is 0 Å². The van der Waals surface area contributed by atoms with E-state index in [0.717, 1.165) is 0 Å². The van der Waals surface area contributed by atoms with Gasteiger partial charge in [0.1, 0.15) is 18.1 Å². The fourth-order valence-electron chi connectivity index (χ4n) is 3.57. The summed E-state index contributed by atoms with van der Waals surface area (Å²) in [5.74, 6) is -0.261. The summed E-state index contributed by atoms with van der Waals surface area (Å²) in [6.45, 7) is 1.77. The number of ether oxygens (including phenoxy) is 2. The van der Waals surface area contributed by atoms with Crippen LogP contribution in [0.4, 0.5) is 10.2 Å². The molecule has 0 fully saturated rings. The van der Waals surface area contributed by atoms with E-state index >= 15 is 0 Å². The van der Waals surface area contributed by atoms with Gasteiger partial charge in [0.25, 0.3) is 11.8 Å². The molecule has 2 aromatic heterocycles. The van der Waals surface area contributed by atoms with Crippen LogP contribution in [0.15, 0.2) is 24.4 Å². The molecule has 1 unspecified atom stereocenters. The van der Waals surface area contributed by atoms with Gasteiger partial charge in [-0.2, -0.15) is 0 Å². The second kappa shape index (κ2) is 7.29. The van der Waals surface area contributed by atoms with Crippen molar-refractivity contribution in [1.82, 2.24) is 24.6 Å². The Bertz CT molecular complexity index is 1150. The smallest absolute Gasteiger partial charge is 0.258 e. The number of methoxy groups -OCH3 is 1. The second-order valence-corrected chi connectivity index (χ2v) is 7.02. The number of amides is 1. The SMILES string of the molecule is COc1nn(C)c2c1-c1cnc(N)c(n1)OCc1cc(F)ccc1C(=O)N(C)C2C. The summed E-state index contributed by atoms with van der Waals surface area (Å²) in [6, 6.07) is 3.55. The van der Waals surface area contributed by atoms with E-state index in [1.165, 1.54) is 31.5 Å². The van der Waals surface area contributed by atoms with Gasteiger partial charge in [-0.1, -0.05) is 0 Å². The van der Waals surface area contributed by atoms with Crippen LogP contribution < -0.4 is 15.2 Å². The van der Waals surface area contributed by atoms with E-state index in [1.54, 1.807) is 23.7 Å². The average Bonchev–Trinajstić information content (AvgIpc) is 3.07. The molecule has 1 amide bonds. The minimum absolute atomic E-state index is 0.0774. The minimum atomic E-state index is -0.473. The van der Waals surface area contributed by atoms with Crippen LogP contribution in [0.5, 0.6) is 11.8 Å². The molecule has 30 heavy (non-hydrogen) atoms. The Labute approximate surface area is 172 Å². The van der Waals surface area contributed by atoms with Crippen LogP contribution in [-0.2, 0) is 13.7 Å². The van der Waals surface area contributed by atoms with E-state index < -0.39 is 11.9 Å². The first-order valence-electron chi connectivity index (χ1n) is 9.24. The quantitative estimate of drug-likeness (QED) is 0.653. The lowest BCUT2D eigenvalue weighted by atomic mass is 10.0. The van der Waals surface area contributed by atoms with E-state index in [0.29, 0.717) is 34.0 Å². The lowest BCUT2D eigenvalue weighted by molar-refractivity contribution is 0.0734. The third-order valence-corrected chi connectivity index (χ3v) is 5.24. The van der Waals surface area contributed by atoms with Gasteiger partial charge in [0.2, 0.25) is 5.88 Å². The number of aromatic nitrogens is 4. The Hall–Kier alpha value is -3.69. The first-order chi connectivity index (χ1) is 14.3. The number of hydrogen-bond donors (Lipinski definition) is 1. The Balaban J connectivity index is 1.98. The van der Waals surface area contributed by atoms with Gasteiger partial charge >= 0.3 is 0 Å². The average molecular weight is 412 g/mol. The second-order valence-electron chi connectivity index (χ2n) is 7.02. The number of rotatable bonds is 1. The number of carbonyl (C=O) groups excluding carboxylic acids is 1. The molecule has 0 saturated carbocycles. The zero-order valence-corrected chi connectivity index (χ0v) is 17.0. The highest BCUT2D eigenvalue weighted by Gasteiger charge is 2.31. The fraction of sp³-hybridized carbons (Fsp3) is 0.300. The zero-order valence-electron chi connectivity index (χ0n) is 17.0. The predicted octanol–water partition coefficient (Wildman–Crippen LogP) is 2.33. The van der Waals surface area contributed by atoms with Crippen LogP contribution >= 0.6 is 0 Å². The third-order valence-electron chi connectivity index (χ3n) is 5.24. The van der Waals surface area contributed by atoms with Crippen LogP contribution in [0.3, 0.4) is 0 Å². The van der Waals surface area contributed by atoms with Gasteiger partial charge in [-0.3, -0.25) is 9.48 Å². The number of hydrogen-bond acceptors (Lipinski definition) is 7. The highest BCUT2D eigenvalue weighted by Crippen LogP contribution is 2.38. The van der Waals surface area contributed by atoms with Crippen LogP contribution in [-0.4, -0.2) is 44.7 Å². The number of fused-ring (bicyclic) bond motifs is 5. The van der Waals surface area contributed by atoms with Gasteiger partial charge in [-0.15, -0.1) is 5.10 Å². The Morgan fingerprint density at radius 2 is 2.10 bits per heavy atom. The number of aryl methyl sites for hydroxylation is 1. The lowest BCUT2D eigenvalue weighted by Crippen LogP contribution is -2.32. The van der Waals surface area contributed by atoms with E-state index in [4.69, 9.17) is 15.2 Å². The topological polar surface area (TPSA) is 108 Å².